The molecule has 0 bridgehead atoms. The van der Waals surface area contributed by atoms with E-state index in [0.717, 1.165) is 43.2 Å². The highest BCUT2D eigenvalue weighted by atomic mass is 79.9. The second-order valence-electron chi connectivity index (χ2n) is 5.65. The first-order valence-electron chi connectivity index (χ1n) is 8.14. The zero-order valence-electron chi connectivity index (χ0n) is 13.4. The second-order valence-corrected chi connectivity index (χ2v) is 6.95. The molecule has 0 aliphatic carbocycles. The van der Waals surface area contributed by atoms with Gasteiger partial charge in [0.25, 0.3) is 5.91 Å². The number of hydrogen-bond acceptors (Lipinski definition) is 3. The van der Waals surface area contributed by atoms with Crippen LogP contribution in [0.4, 0.5) is 0 Å². The van der Waals surface area contributed by atoms with E-state index in [4.69, 9.17) is 17.0 Å². The molecule has 0 aromatic heterocycles. The molecule has 23 heavy (non-hydrogen) atoms. The predicted octanol–water partition coefficient (Wildman–Crippen LogP) is 4.13. The Bertz CT molecular complexity index is 560. The molecular formula is C17H23BrN2O2S. The molecule has 0 saturated carbocycles. The highest BCUT2D eigenvalue weighted by Gasteiger charge is 2.19. The van der Waals surface area contributed by atoms with Gasteiger partial charge in [-0.05, 0) is 56.1 Å². The van der Waals surface area contributed by atoms with E-state index < -0.39 is 0 Å². The summed E-state index contributed by atoms with van der Waals surface area (Å²) in [7, 11) is 0. The molecule has 0 radical (unpaired) electrons. The van der Waals surface area contributed by atoms with Crippen LogP contribution in [0, 0.1) is 0 Å². The molecule has 2 rings (SSSR count). The number of piperidine rings is 1. The zero-order valence-corrected chi connectivity index (χ0v) is 15.8. The summed E-state index contributed by atoms with van der Waals surface area (Å²) in [5.74, 6) is 0.383. The predicted molar refractivity (Wildman–Crippen MR) is 100 cm³/mol. The highest BCUT2D eigenvalue weighted by molar-refractivity contribution is 9.10. The number of carbonyl (C=O) groups is 1. The van der Waals surface area contributed by atoms with Crippen molar-refractivity contribution in [2.24, 2.45) is 0 Å². The minimum absolute atomic E-state index is 0.214. The number of thiocarbonyl (C=S) groups is 1. The Hall–Kier alpha value is -1.14. The van der Waals surface area contributed by atoms with E-state index in [-0.39, 0.29) is 5.91 Å². The van der Waals surface area contributed by atoms with E-state index in [0.29, 0.717) is 23.0 Å². The number of likely N-dealkylation sites (tertiary alicyclic amines) is 1. The van der Waals surface area contributed by atoms with E-state index in [2.05, 4.69) is 33.1 Å². The van der Waals surface area contributed by atoms with Gasteiger partial charge in [-0.3, -0.25) is 10.1 Å². The van der Waals surface area contributed by atoms with Crippen LogP contribution in [-0.2, 0) is 0 Å². The summed E-state index contributed by atoms with van der Waals surface area (Å²) in [5.41, 5.74) is 0.509. The van der Waals surface area contributed by atoms with E-state index in [1.165, 1.54) is 6.42 Å². The summed E-state index contributed by atoms with van der Waals surface area (Å²) in [6, 6.07) is 5.47. The molecule has 1 aromatic carbocycles. The van der Waals surface area contributed by atoms with Crippen LogP contribution in [-0.4, -0.2) is 35.6 Å². The zero-order chi connectivity index (χ0) is 16.7. The topological polar surface area (TPSA) is 41.6 Å². The molecule has 1 aliphatic heterocycles. The fourth-order valence-corrected chi connectivity index (χ4v) is 3.11. The Labute approximate surface area is 151 Å². The Morgan fingerprint density at radius 2 is 2.09 bits per heavy atom. The van der Waals surface area contributed by atoms with E-state index in [1.807, 2.05) is 12.1 Å². The van der Waals surface area contributed by atoms with Crippen LogP contribution >= 0.6 is 28.1 Å². The number of unbranched alkanes of at least 4 members (excludes halogenated alkanes) is 1. The normalized spacial score (nSPS) is 14.4. The average Bonchev–Trinajstić information content (AvgIpc) is 2.57. The number of nitrogens with one attached hydrogen (secondary N) is 1. The van der Waals surface area contributed by atoms with Crippen LogP contribution in [0.25, 0.3) is 0 Å². The Balaban J connectivity index is 2.04. The van der Waals surface area contributed by atoms with Gasteiger partial charge < -0.3 is 9.64 Å². The Morgan fingerprint density at radius 1 is 1.35 bits per heavy atom. The molecule has 1 N–H and O–H groups in total. The quantitative estimate of drug-likeness (QED) is 0.597. The summed E-state index contributed by atoms with van der Waals surface area (Å²) in [5, 5.41) is 3.35. The SMILES string of the molecule is CCCCOc1ccc(Br)cc1C(=O)NC(=S)N1CCCCC1. The van der Waals surface area contributed by atoms with Gasteiger partial charge in [-0.15, -0.1) is 0 Å². The minimum atomic E-state index is -0.214. The molecule has 0 unspecified atom stereocenters. The van der Waals surface area contributed by atoms with Crippen molar-refractivity contribution in [3.8, 4) is 5.75 Å². The van der Waals surface area contributed by atoms with Gasteiger partial charge in [0.15, 0.2) is 5.11 Å². The maximum absolute atomic E-state index is 12.6. The molecule has 6 heteroatoms. The Kier molecular flexibility index (Phi) is 7.30. The van der Waals surface area contributed by atoms with Crippen molar-refractivity contribution in [2.75, 3.05) is 19.7 Å². The number of amides is 1. The standard InChI is InChI=1S/C17H23BrN2O2S/c1-2-3-11-22-15-8-7-13(18)12-14(15)16(21)19-17(23)20-9-5-4-6-10-20/h7-8,12H,2-6,9-11H2,1H3,(H,19,21,23). The molecule has 0 spiro atoms. The summed E-state index contributed by atoms with van der Waals surface area (Å²) >= 11 is 8.78. The number of hydrogen-bond donors (Lipinski definition) is 1. The van der Waals surface area contributed by atoms with Crippen LogP contribution in [0.5, 0.6) is 5.75 Å². The lowest BCUT2D eigenvalue weighted by Gasteiger charge is -2.29. The van der Waals surface area contributed by atoms with Crippen molar-refractivity contribution in [3.63, 3.8) is 0 Å². The number of rotatable bonds is 5. The van der Waals surface area contributed by atoms with Gasteiger partial charge in [0.05, 0.1) is 12.2 Å². The van der Waals surface area contributed by atoms with Gasteiger partial charge in [0.2, 0.25) is 0 Å². The molecule has 126 valence electrons. The number of ether oxygens (including phenoxy) is 1. The van der Waals surface area contributed by atoms with Crippen LogP contribution in [0.3, 0.4) is 0 Å². The summed E-state index contributed by atoms with van der Waals surface area (Å²) in [6.07, 6.45) is 5.49. The van der Waals surface area contributed by atoms with E-state index in [9.17, 15) is 4.79 Å². The third-order valence-electron chi connectivity index (χ3n) is 3.81. The third-order valence-corrected chi connectivity index (χ3v) is 4.66. The Morgan fingerprint density at radius 3 is 2.78 bits per heavy atom. The molecule has 1 aliphatic rings. The molecule has 1 fully saturated rings. The van der Waals surface area contributed by atoms with Crippen molar-refractivity contribution in [2.45, 2.75) is 39.0 Å². The molecule has 1 heterocycles. The molecule has 1 amide bonds. The largest absolute Gasteiger partial charge is 0.493 e. The van der Waals surface area contributed by atoms with Crippen molar-refractivity contribution in [1.82, 2.24) is 10.2 Å². The lowest BCUT2D eigenvalue weighted by molar-refractivity contribution is 0.0968. The number of nitrogens with zero attached hydrogens (tertiary/aromatic N) is 1. The van der Waals surface area contributed by atoms with Gasteiger partial charge in [-0.1, -0.05) is 29.3 Å². The minimum Gasteiger partial charge on any atom is -0.493 e. The van der Waals surface area contributed by atoms with Gasteiger partial charge >= 0.3 is 0 Å². The molecule has 1 saturated heterocycles. The fourth-order valence-electron chi connectivity index (χ4n) is 2.47. The first-order valence-corrected chi connectivity index (χ1v) is 9.34. The van der Waals surface area contributed by atoms with Crippen LogP contribution in [0.2, 0.25) is 0 Å². The smallest absolute Gasteiger partial charge is 0.261 e. The van der Waals surface area contributed by atoms with Crippen molar-refractivity contribution < 1.29 is 9.53 Å². The maximum Gasteiger partial charge on any atom is 0.261 e. The first-order chi connectivity index (χ1) is 11.1. The monoisotopic (exact) mass is 398 g/mol. The number of halogens is 1. The van der Waals surface area contributed by atoms with Crippen molar-refractivity contribution >= 4 is 39.2 Å². The summed E-state index contributed by atoms with van der Waals surface area (Å²) in [4.78, 5) is 14.6. The number of benzene rings is 1. The van der Waals surface area contributed by atoms with Crippen molar-refractivity contribution in [3.05, 3.63) is 28.2 Å². The fraction of sp³-hybridized carbons (Fsp3) is 0.529. The lowest BCUT2D eigenvalue weighted by Crippen LogP contribution is -2.45. The molecular weight excluding hydrogens is 376 g/mol. The summed E-state index contributed by atoms with van der Waals surface area (Å²) in [6.45, 7) is 4.54. The van der Waals surface area contributed by atoms with Crippen LogP contribution < -0.4 is 10.1 Å². The van der Waals surface area contributed by atoms with E-state index >= 15 is 0 Å². The summed E-state index contributed by atoms with van der Waals surface area (Å²) < 4.78 is 6.58. The lowest BCUT2D eigenvalue weighted by atomic mass is 10.1. The van der Waals surface area contributed by atoms with E-state index in [1.54, 1.807) is 6.07 Å². The first kappa shape index (κ1) is 18.2. The number of carbonyl (C=O) groups excluding carboxylic acids is 1. The molecule has 4 nitrogen and oxygen atoms in total. The van der Waals surface area contributed by atoms with Gasteiger partial charge in [-0.2, -0.15) is 0 Å². The molecule has 1 aromatic rings. The van der Waals surface area contributed by atoms with Crippen LogP contribution in [0.15, 0.2) is 22.7 Å². The third kappa shape index (κ3) is 5.46. The van der Waals surface area contributed by atoms with Gasteiger partial charge in [0, 0.05) is 17.6 Å². The van der Waals surface area contributed by atoms with Gasteiger partial charge in [0.1, 0.15) is 5.75 Å². The average molecular weight is 399 g/mol. The maximum atomic E-state index is 12.6. The van der Waals surface area contributed by atoms with Gasteiger partial charge in [-0.25, -0.2) is 0 Å². The van der Waals surface area contributed by atoms with Crippen LogP contribution in [0.1, 0.15) is 49.4 Å². The molecule has 0 atom stereocenters. The second kappa shape index (κ2) is 9.23. The van der Waals surface area contributed by atoms with Crippen molar-refractivity contribution in [1.29, 1.82) is 0 Å². The highest BCUT2D eigenvalue weighted by Crippen LogP contribution is 2.23.